The summed E-state index contributed by atoms with van der Waals surface area (Å²) in [4.78, 5) is 21.7. The molecule has 0 aromatic carbocycles. The van der Waals surface area contributed by atoms with Crippen LogP contribution in [0.15, 0.2) is 0 Å². The molecule has 0 aromatic rings. The van der Waals surface area contributed by atoms with Crippen LogP contribution in [0.3, 0.4) is 0 Å². The Labute approximate surface area is 96.6 Å². The number of unbranched alkanes of at least 4 members (excludes halogenated alkanes) is 1. The number of urea groups is 1. The maximum Gasteiger partial charge on any atom is 0.314 e. The quantitative estimate of drug-likeness (QED) is 0.554. The third-order valence-electron chi connectivity index (χ3n) is 2.34. The zero-order chi connectivity index (χ0) is 12.4. The molecule has 0 radical (unpaired) electrons. The van der Waals surface area contributed by atoms with E-state index in [1.165, 1.54) is 0 Å². The van der Waals surface area contributed by atoms with Gasteiger partial charge in [0.2, 0.25) is 0 Å². The lowest BCUT2D eigenvalue weighted by Crippen LogP contribution is -2.36. The number of nitrogens with one attached hydrogen (secondary N) is 2. The number of hydrogen-bond acceptors (Lipinski definition) is 2. The standard InChI is InChI=1S/C11H22N2O3/c1-3-4-7-12-11(16)13-8-5-6-9(2)10(14)15/h9H,3-8H2,1-2H3,(H,14,15)(H2,12,13,16). The second-order valence-corrected chi connectivity index (χ2v) is 3.92. The summed E-state index contributed by atoms with van der Waals surface area (Å²) in [6.07, 6.45) is 3.30. The van der Waals surface area contributed by atoms with E-state index in [0.717, 1.165) is 12.8 Å². The minimum atomic E-state index is -0.785. The molecule has 16 heavy (non-hydrogen) atoms. The highest BCUT2D eigenvalue weighted by Gasteiger charge is 2.09. The Bertz CT molecular complexity index is 219. The van der Waals surface area contributed by atoms with Gasteiger partial charge < -0.3 is 15.7 Å². The number of rotatable bonds is 8. The van der Waals surface area contributed by atoms with E-state index in [1.54, 1.807) is 6.92 Å². The van der Waals surface area contributed by atoms with E-state index in [-0.39, 0.29) is 11.9 Å². The third kappa shape index (κ3) is 8.08. The van der Waals surface area contributed by atoms with Crippen molar-refractivity contribution in [3.63, 3.8) is 0 Å². The molecule has 3 N–H and O–H groups in total. The van der Waals surface area contributed by atoms with Gasteiger partial charge in [0.1, 0.15) is 0 Å². The van der Waals surface area contributed by atoms with Crippen molar-refractivity contribution >= 4 is 12.0 Å². The molecule has 0 saturated heterocycles. The molecule has 0 aliphatic heterocycles. The van der Waals surface area contributed by atoms with Gasteiger partial charge in [-0.15, -0.1) is 0 Å². The first kappa shape index (κ1) is 14.7. The lowest BCUT2D eigenvalue weighted by Gasteiger charge is -2.08. The van der Waals surface area contributed by atoms with Crippen molar-refractivity contribution in [3.8, 4) is 0 Å². The average molecular weight is 230 g/mol. The van der Waals surface area contributed by atoms with Crippen molar-refractivity contribution in [1.82, 2.24) is 10.6 Å². The van der Waals surface area contributed by atoms with Crippen molar-refractivity contribution in [1.29, 1.82) is 0 Å². The highest BCUT2D eigenvalue weighted by molar-refractivity contribution is 5.73. The molecule has 0 bridgehead atoms. The second-order valence-electron chi connectivity index (χ2n) is 3.92. The van der Waals surface area contributed by atoms with E-state index < -0.39 is 5.97 Å². The highest BCUT2D eigenvalue weighted by Crippen LogP contribution is 2.03. The van der Waals surface area contributed by atoms with E-state index in [0.29, 0.717) is 25.9 Å². The topological polar surface area (TPSA) is 78.4 Å². The first-order valence-corrected chi connectivity index (χ1v) is 5.82. The molecule has 0 aliphatic carbocycles. The van der Waals surface area contributed by atoms with Crippen molar-refractivity contribution in [2.24, 2.45) is 5.92 Å². The van der Waals surface area contributed by atoms with Crippen molar-refractivity contribution in [2.45, 2.75) is 39.5 Å². The molecule has 5 nitrogen and oxygen atoms in total. The van der Waals surface area contributed by atoms with Crippen LogP contribution in [-0.4, -0.2) is 30.2 Å². The zero-order valence-electron chi connectivity index (χ0n) is 10.1. The number of carbonyl (C=O) groups is 2. The van der Waals surface area contributed by atoms with Gasteiger partial charge in [0.15, 0.2) is 0 Å². The van der Waals surface area contributed by atoms with Gasteiger partial charge in [-0.1, -0.05) is 20.3 Å². The Hall–Kier alpha value is -1.26. The van der Waals surface area contributed by atoms with E-state index in [2.05, 4.69) is 17.6 Å². The summed E-state index contributed by atoms with van der Waals surface area (Å²) in [5.41, 5.74) is 0. The Kier molecular flexibility index (Phi) is 8.29. The molecule has 0 heterocycles. The fourth-order valence-corrected chi connectivity index (χ4v) is 1.17. The normalized spacial score (nSPS) is 11.9. The second kappa shape index (κ2) is 9.00. The number of amides is 2. The first-order valence-electron chi connectivity index (χ1n) is 5.82. The van der Waals surface area contributed by atoms with Crippen LogP contribution in [0.2, 0.25) is 0 Å². The lowest BCUT2D eigenvalue weighted by atomic mass is 10.1. The van der Waals surface area contributed by atoms with E-state index in [1.807, 2.05) is 0 Å². The molecule has 0 aromatic heterocycles. The molecule has 0 rings (SSSR count). The fraction of sp³-hybridized carbons (Fsp3) is 0.818. The third-order valence-corrected chi connectivity index (χ3v) is 2.34. The van der Waals surface area contributed by atoms with Crippen LogP contribution < -0.4 is 10.6 Å². The summed E-state index contributed by atoms with van der Waals surface area (Å²) in [5.74, 6) is -1.13. The van der Waals surface area contributed by atoms with Crippen molar-refractivity contribution < 1.29 is 14.7 Å². The Morgan fingerprint density at radius 2 is 1.75 bits per heavy atom. The van der Waals surface area contributed by atoms with Crippen LogP contribution in [0.25, 0.3) is 0 Å². The predicted molar refractivity (Wildman–Crippen MR) is 62.3 cm³/mol. The molecular formula is C11H22N2O3. The Morgan fingerprint density at radius 3 is 2.25 bits per heavy atom. The SMILES string of the molecule is CCCCNC(=O)NCCCC(C)C(=O)O. The van der Waals surface area contributed by atoms with Gasteiger partial charge in [-0.25, -0.2) is 4.79 Å². The summed E-state index contributed by atoms with van der Waals surface area (Å²) in [6.45, 7) is 4.94. The maximum absolute atomic E-state index is 11.2. The Morgan fingerprint density at radius 1 is 1.19 bits per heavy atom. The highest BCUT2D eigenvalue weighted by atomic mass is 16.4. The molecule has 0 fully saturated rings. The van der Waals surface area contributed by atoms with Crippen LogP contribution in [0.4, 0.5) is 4.79 Å². The summed E-state index contributed by atoms with van der Waals surface area (Å²) < 4.78 is 0. The molecule has 0 aliphatic rings. The van der Waals surface area contributed by atoms with E-state index in [9.17, 15) is 9.59 Å². The molecule has 2 amide bonds. The monoisotopic (exact) mass is 230 g/mol. The minimum absolute atomic E-state index is 0.170. The molecular weight excluding hydrogens is 208 g/mol. The van der Waals surface area contributed by atoms with Gasteiger partial charge in [-0.05, 0) is 19.3 Å². The first-order chi connectivity index (χ1) is 7.57. The molecule has 94 valence electrons. The summed E-state index contributed by atoms with van der Waals surface area (Å²) >= 11 is 0. The summed E-state index contributed by atoms with van der Waals surface area (Å²) in [6, 6.07) is -0.170. The average Bonchev–Trinajstić information content (AvgIpc) is 2.24. The van der Waals surface area contributed by atoms with Crippen LogP contribution >= 0.6 is 0 Å². The van der Waals surface area contributed by atoms with Crippen LogP contribution in [-0.2, 0) is 4.79 Å². The largest absolute Gasteiger partial charge is 0.481 e. The number of carboxylic acid groups (broad SMARTS) is 1. The van der Waals surface area contributed by atoms with E-state index in [4.69, 9.17) is 5.11 Å². The Balaban J connectivity index is 3.37. The van der Waals surface area contributed by atoms with Gasteiger partial charge in [-0.3, -0.25) is 4.79 Å². The smallest absolute Gasteiger partial charge is 0.314 e. The fourth-order valence-electron chi connectivity index (χ4n) is 1.17. The van der Waals surface area contributed by atoms with Gasteiger partial charge in [0, 0.05) is 13.1 Å². The molecule has 0 saturated carbocycles. The number of aliphatic carboxylic acids is 1. The van der Waals surface area contributed by atoms with Gasteiger partial charge in [0.25, 0.3) is 0 Å². The molecule has 1 atom stereocenters. The predicted octanol–water partition coefficient (Wildman–Crippen LogP) is 1.59. The van der Waals surface area contributed by atoms with Gasteiger partial charge in [0.05, 0.1) is 5.92 Å². The number of hydrogen-bond donors (Lipinski definition) is 3. The van der Waals surface area contributed by atoms with E-state index >= 15 is 0 Å². The molecule has 5 heteroatoms. The summed E-state index contributed by atoms with van der Waals surface area (Å²) in [7, 11) is 0. The van der Waals surface area contributed by atoms with Crippen molar-refractivity contribution in [2.75, 3.05) is 13.1 Å². The van der Waals surface area contributed by atoms with Crippen LogP contribution in [0.5, 0.6) is 0 Å². The van der Waals surface area contributed by atoms with Crippen molar-refractivity contribution in [3.05, 3.63) is 0 Å². The number of carbonyl (C=O) groups excluding carboxylic acids is 1. The zero-order valence-corrected chi connectivity index (χ0v) is 10.1. The van der Waals surface area contributed by atoms with Gasteiger partial charge in [-0.2, -0.15) is 0 Å². The number of carboxylic acids is 1. The molecule has 0 spiro atoms. The van der Waals surface area contributed by atoms with Crippen LogP contribution in [0.1, 0.15) is 39.5 Å². The summed E-state index contributed by atoms with van der Waals surface area (Å²) in [5, 5.41) is 14.1. The maximum atomic E-state index is 11.2. The molecule has 1 unspecified atom stereocenters. The minimum Gasteiger partial charge on any atom is -0.481 e. The van der Waals surface area contributed by atoms with Gasteiger partial charge >= 0.3 is 12.0 Å². The van der Waals surface area contributed by atoms with Crippen LogP contribution in [0, 0.1) is 5.92 Å². The lowest BCUT2D eigenvalue weighted by molar-refractivity contribution is -0.141.